The molecule has 1 aliphatic carbocycles. The van der Waals surface area contributed by atoms with Crippen molar-refractivity contribution in [1.29, 1.82) is 0 Å². The van der Waals surface area contributed by atoms with Gasteiger partial charge in [-0.25, -0.2) is 9.18 Å². The van der Waals surface area contributed by atoms with Crippen LogP contribution in [0, 0.1) is 5.92 Å². The largest absolute Gasteiger partial charge is 0.478 e. The first kappa shape index (κ1) is 21.5. The summed E-state index contributed by atoms with van der Waals surface area (Å²) in [7, 11) is 0. The molecule has 0 aromatic heterocycles. The van der Waals surface area contributed by atoms with Crippen LogP contribution in [0.25, 0.3) is 0 Å². The number of hydrogen-bond donors (Lipinski definition) is 1. The minimum Gasteiger partial charge on any atom is -0.478 e. The quantitative estimate of drug-likeness (QED) is 0.366. The Morgan fingerprint density at radius 2 is 2.04 bits per heavy atom. The maximum atomic E-state index is 14.7. The first-order valence-electron chi connectivity index (χ1n) is 9.44. The minimum atomic E-state index is -1.04. The van der Waals surface area contributed by atoms with E-state index in [1.165, 1.54) is 23.4 Å². The van der Waals surface area contributed by atoms with Crippen LogP contribution in [0.15, 0.2) is 58.1 Å². The van der Waals surface area contributed by atoms with Crippen LogP contribution >= 0.6 is 11.6 Å². The van der Waals surface area contributed by atoms with Crippen LogP contribution in [-0.2, 0) is 4.79 Å². The topological polar surface area (TPSA) is 40.5 Å². The van der Waals surface area contributed by atoms with Gasteiger partial charge in [0, 0.05) is 30.3 Å². The first-order valence-corrected chi connectivity index (χ1v) is 9.88. The molecule has 0 bridgehead atoms. The van der Waals surface area contributed by atoms with Crippen molar-refractivity contribution in [3.8, 4) is 0 Å². The third kappa shape index (κ3) is 4.92. The van der Waals surface area contributed by atoms with Crippen LogP contribution in [0.2, 0.25) is 0 Å². The van der Waals surface area contributed by atoms with Gasteiger partial charge in [0.25, 0.3) is 0 Å². The van der Waals surface area contributed by atoms with Crippen molar-refractivity contribution in [2.24, 2.45) is 5.92 Å². The Balaban J connectivity index is 2.39. The number of carboxylic acid groups (broad SMARTS) is 1. The molecule has 2 unspecified atom stereocenters. The molecule has 0 amide bonds. The predicted molar refractivity (Wildman–Crippen MR) is 109 cm³/mol. The van der Waals surface area contributed by atoms with Gasteiger partial charge in [-0.1, -0.05) is 19.1 Å². The summed E-state index contributed by atoms with van der Waals surface area (Å²) in [5, 5.41) is 8.57. The number of halogens is 2. The van der Waals surface area contributed by atoms with Crippen molar-refractivity contribution in [2.45, 2.75) is 58.9 Å². The molecule has 2 rings (SSSR count). The SMILES string of the molecule is CC(/C=C/C(F)=C(/C)C1=CC2=C(C(Cl)C1C)N(C(C)C)CCC2)=C\C(=O)O. The molecule has 2 aliphatic rings. The van der Waals surface area contributed by atoms with Crippen LogP contribution in [0.5, 0.6) is 0 Å². The second kappa shape index (κ2) is 8.92. The molecule has 0 spiro atoms. The molecule has 1 aliphatic heterocycles. The molecule has 2 atom stereocenters. The van der Waals surface area contributed by atoms with Gasteiger partial charge in [-0.3, -0.25) is 0 Å². The minimum absolute atomic E-state index is 0.000393. The summed E-state index contributed by atoms with van der Waals surface area (Å²) in [6.07, 6.45) is 8.00. The highest BCUT2D eigenvalue weighted by molar-refractivity contribution is 6.23. The fourth-order valence-electron chi connectivity index (χ4n) is 3.76. The summed E-state index contributed by atoms with van der Waals surface area (Å²) in [4.78, 5) is 13.0. The lowest BCUT2D eigenvalue weighted by Gasteiger charge is -2.43. The number of aliphatic carboxylic acids is 1. The lowest BCUT2D eigenvalue weighted by molar-refractivity contribution is -0.131. The monoisotopic (exact) mass is 393 g/mol. The molecule has 0 saturated heterocycles. The normalized spacial score (nSPS) is 25.0. The summed E-state index contributed by atoms with van der Waals surface area (Å²) in [6, 6.07) is 0.388. The highest BCUT2D eigenvalue weighted by atomic mass is 35.5. The Morgan fingerprint density at radius 1 is 1.37 bits per heavy atom. The number of carboxylic acids is 1. The molecular weight excluding hydrogens is 365 g/mol. The Hall–Kier alpha value is -1.81. The van der Waals surface area contributed by atoms with Gasteiger partial charge in [0.15, 0.2) is 0 Å². The molecule has 0 aromatic rings. The molecule has 3 nitrogen and oxygen atoms in total. The number of carbonyl (C=O) groups is 1. The van der Waals surface area contributed by atoms with Gasteiger partial charge >= 0.3 is 5.97 Å². The number of nitrogens with zero attached hydrogens (tertiary/aromatic N) is 1. The van der Waals surface area contributed by atoms with E-state index < -0.39 is 5.97 Å². The predicted octanol–water partition coefficient (Wildman–Crippen LogP) is 5.76. The highest BCUT2D eigenvalue weighted by Crippen LogP contribution is 2.42. The second-order valence-electron chi connectivity index (χ2n) is 7.62. The van der Waals surface area contributed by atoms with Gasteiger partial charge in [-0.2, -0.15) is 0 Å². The smallest absolute Gasteiger partial charge is 0.328 e. The molecule has 148 valence electrons. The average Bonchev–Trinajstić information content (AvgIpc) is 2.60. The third-order valence-corrected chi connectivity index (χ3v) is 5.85. The molecule has 27 heavy (non-hydrogen) atoms. The molecule has 1 N–H and O–H groups in total. The zero-order valence-electron chi connectivity index (χ0n) is 16.7. The van der Waals surface area contributed by atoms with Crippen LogP contribution in [0.1, 0.15) is 47.5 Å². The maximum Gasteiger partial charge on any atom is 0.328 e. The Kier molecular flexibility index (Phi) is 7.10. The van der Waals surface area contributed by atoms with Crippen LogP contribution < -0.4 is 0 Å². The average molecular weight is 394 g/mol. The Morgan fingerprint density at radius 3 is 2.63 bits per heavy atom. The molecular formula is C22H29ClFNO2. The van der Waals surface area contributed by atoms with Gasteiger partial charge in [0.2, 0.25) is 0 Å². The zero-order valence-corrected chi connectivity index (χ0v) is 17.5. The van der Waals surface area contributed by atoms with Gasteiger partial charge in [-0.05, 0) is 68.9 Å². The molecule has 0 fully saturated rings. The summed E-state index contributed by atoms with van der Waals surface area (Å²) in [6.45, 7) is 10.8. The Labute approximate surface area is 166 Å². The standard InChI is InChI=1S/C22H29ClFNO2/c1-13(2)25-10-6-7-17-12-18(16(5)21(23)22(17)25)15(4)19(24)9-8-14(3)11-20(26)27/h8-9,11-13,16,21H,6-7,10H2,1-5H3,(H,26,27)/b9-8+,14-11+,19-15+. The van der Waals surface area contributed by atoms with Gasteiger partial charge < -0.3 is 10.0 Å². The molecule has 0 aromatic carbocycles. The van der Waals surface area contributed by atoms with E-state index in [1.54, 1.807) is 13.8 Å². The van der Waals surface area contributed by atoms with Crippen molar-refractivity contribution < 1.29 is 14.3 Å². The lowest BCUT2D eigenvalue weighted by atomic mass is 9.80. The van der Waals surface area contributed by atoms with E-state index in [0.29, 0.717) is 17.2 Å². The summed E-state index contributed by atoms with van der Waals surface area (Å²) in [5.41, 5.74) is 4.36. The van der Waals surface area contributed by atoms with Crippen molar-refractivity contribution in [2.75, 3.05) is 6.54 Å². The van der Waals surface area contributed by atoms with Gasteiger partial charge in [0.1, 0.15) is 5.83 Å². The van der Waals surface area contributed by atoms with E-state index in [4.69, 9.17) is 16.7 Å². The Bertz CT molecular complexity index is 758. The van der Waals surface area contributed by atoms with Crippen molar-refractivity contribution in [1.82, 2.24) is 4.90 Å². The van der Waals surface area contributed by atoms with Crippen LogP contribution in [0.3, 0.4) is 0 Å². The molecule has 5 heteroatoms. The van der Waals surface area contributed by atoms with E-state index in [9.17, 15) is 9.18 Å². The van der Waals surface area contributed by atoms with E-state index in [-0.39, 0.29) is 17.1 Å². The second-order valence-corrected chi connectivity index (χ2v) is 8.09. The van der Waals surface area contributed by atoms with E-state index in [2.05, 4.69) is 24.8 Å². The number of allylic oxidation sites excluding steroid dienone is 9. The summed E-state index contributed by atoms with van der Waals surface area (Å²) >= 11 is 6.83. The van der Waals surface area contributed by atoms with Gasteiger partial charge in [-0.15, -0.1) is 11.6 Å². The van der Waals surface area contributed by atoms with Crippen LogP contribution in [-0.4, -0.2) is 33.9 Å². The zero-order chi connectivity index (χ0) is 20.3. The third-order valence-electron chi connectivity index (χ3n) is 5.26. The number of rotatable bonds is 5. The van der Waals surface area contributed by atoms with Gasteiger partial charge in [0.05, 0.1) is 5.38 Å². The molecule has 1 heterocycles. The lowest BCUT2D eigenvalue weighted by Crippen LogP contribution is -2.41. The van der Waals surface area contributed by atoms with E-state index in [0.717, 1.165) is 31.0 Å². The number of alkyl halides is 1. The van der Waals surface area contributed by atoms with E-state index >= 15 is 0 Å². The fourth-order valence-corrected chi connectivity index (χ4v) is 4.17. The van der Waals surface area contributed by atoms with Crippen molar-refractivity contribution in [3.63, 3.8) is 0 Å². The van der Waals surface area contributed by atoms with E-state index in [1.807, 2.05) is 6.92 Å². The summed E-state index contributed by atoms with van der Waals surface area (Å²) in [5.74, 6) is -1.41. The van der Waals surface area contributed by atoms with Crippen molar-refractivity contribution >= 4 is 17.6 Å². The summed E-state index contributed by atoms with van der Waals surface area (Å²) < 4.78 is 14.7. The van der Waals surface area contributed by atoms with Crippen LogP contribution in [0.4, 0.5) is 4.39 Å². The van der Waals surface area contributed by atoms with Crippen molar-refractivity contribution in [3.05, 3.63) is 58.1 Å². The molecule has 0 radical (unpaired) electrons. The number of hydrogen-bond acceptors (Lipinski definition) is 2. The maximum absolute atomic E-state index is 14.7. The highest BCUT2D eigenvalue weighted by Gasteiger charge is 2.35. The first-order chi connectivity index (χ1) is 12.6. The fraction of sp³-hybridized carbons (Fsp3) is 0.500. The molecule has 0 saturated carbocycles.